The summed E-state index contributed by atoms with van der Waals surface area (Å²) in [6.07, 6.45) is -2.64. The first-order valence-electron chi connectivity index (χ1n) is 9.72. The van der Waals surface area contributed by atoms with E-state index in [1.165, 1.54) is 17.9 Å². The summed E-state index contributed by atoms with van der Waals surface area (Å²) in [6, 6.07) is 10.0. The molecule has 9 heteroatoms. The maximum atomic E-state index is 13.8. The third-order valence-corrected chi connectivity index (χ3v) is 5.71. The molecule has 0 saturated heterocycles. The number of fused-ring (bicyclic) bond motifs is 2. The van der Waals surface area contributed by atoms with E-state index in [1.807, 2.05) is 24.3 Å². The van der Waals surface area contributed by atoms with Crippen LogP contribution in [0, 0.1) is 0 Å². The number of benzene rings is 1. The molecule has 0 spiro atoms. The molecule has 0 fully saturated rings. The van der Waals surface area contributed by atoms with E-state index in [-0.39, 0.29) is 23.8 Å². The van der Waals surface area contributed by atoms with Gasteiger partial charge in [0, 0.05) is 25.6 Å². The normalized spacial score (nSPS) is 21.0. The Morgan fingerprint density at radius 1 is 1.17 bits per heavy atom. The number of carbonyl (C=O) groups is 1. The van der Waals surface area contributed by atoms with Crippen LogP contribution < -0.4 is 5.32 Å². The molecule has 1 N–H and O–H groups in total. The van der Waals surface area contributed by atoms with Crippen LogP contribution in [0.1, 0.15) is 45.9 Å². The van der Waals surface area contributed by atoms with Gasteiger partial charge in [0.1, 0.15) is 11.6 Å². The van der Waals surface area contributed by atoms with E-state index < -0.39 is 18.3 Å². The van der Waals surface area contributed by atoms with Gasteiger partial charge in [-0.1, -0.05) is 24.3 Å². The van der Waals surface area contributed by atoms with Gasteiger partial charge in [0.15, 0.2) is 11.7 Å². The summed E-state index contributed by atoms with van der Waals surface area (Å²) in [6.45, 7) is 0.922. The predicted octanol–water partition coefficient (Wildman–Crippen LogP) is 4.33. The topological polar surface area (TPSA) is 63.3 Å². The van der Waals surface area contributed by atoms with Crippen LogP contribution in [-0.4, -0.2) is 33.3 Å². The molecule has 2 aliphatic heterocycles. The van der Waals surface area contributed by atoms with E-state index in [9.17, 15) is 18.0 Å². The second-order valence-corrected chi connectivity index (χ2v) is 7.61. The number of furan rings is 1. The molecule has 2 aliphatic rings. The van der Waals surface area contributed by atoms with Crippen LogP contribution >= 0.6 is 0 Å². The van der Waals surface area contributed by atoms with Crippen molar-refractivity contribution in [3.8, 4) is 0 Å². The summed E-state index contributed by atoms with van der Waals surface area (Å²) in [5.41, 5.74) is 2.24. The van der Waals surface area contributed by atoms with Crippen molar-refractivity contribution in [2.75, 3.05) is 11.9 Å². The Hall–Kier alpha value is -3.23. The number of hydrogen-bond donors (Lipinski definition) is 1. The Kier molecular flexibility index (Phi) is 4.34. The molecule has 2 atom stereocenters. The fraction of sp³-hybridized carbons (Fsp3) is 0.333. The summed E-state index contributed by atoms with van der Waals surface area (Å²) in [5, 5.41) is 7.09. The van der Waals surface area contributed by atoms with Crippen LogP contribution in [0.25, 0.3) is 0 Å². The molecule has 0 bridgehead atoms. The van der Waals surface area contributed by atoms with Gasteiger partial charge < -0.3 is 14.6 Å². The minimum atomic E-state index is -4.50. The monoisotopic (exact) mass is 416 g/mol. The highest BCUT2D eigenvalue weighted by molar-refractivity contribution is 5.93. The number of anilines is 1. The molecule has 1 aromatic carbocycles. The van der Waals surface area contributed by atoms with E-state index in [4.69, 9.17) is 4.42 Å². The van der Waals surface area contributed by atoms with Gasteiger partial charge in [-0.2, -0.15) is 18.3 Å². The third-order valence-electron chi connectivity index (χ3n) is 5.71. The van der Waals surface area contributed by atoms with Gasteiger partial charge >= 0.3 is 6.18 Å². The van der Waals surface area contributed by atoms with Crippen LogP contribution in [0.3, 0.4) is 0 Å². The number of hydrogen-bond acceptors (Lipinski definition) is 4. The van der Waals surface area contributed by atoms with Gasteiger partial charge in [-0.3, -0.25) is 4.79 Å². The first-order valence-corrected chi connectivity index (χ1v) is 9.72. The van der Waals surface area contributed by atoms with E-state index in [0.717, 1.165) is 10.2 Å². The third kappa shape index (κ3) is 3.24. The average molecular weight is 416 g/mol. The number of alkyl halides is 3. The number of rotatable bonds is 2. The van der Waals surface area contributed by atoms with Crippen molar-refractivity contribution < 1.29 is 22.4 Å². The quantitative estimate of drug-likeness (QED) is 0.675. The van der Waals surface area contributed by atoms with Gasteiger partial charge in [0.05, 0.1) is 12.3 Å². The molecule has 5 rings (SSSR count). The summed E-state index contributed by atoms with van der Waals surface area (Å²) >= 11 is 0. The van der Waals surface area contributed by atoms with Crippen molar-refractivity contribution in [1.29, 1.82) is 0 Å². The van der Waals surface area contributed by atoms with Crippen molar-refractivity contribution >= 4 is 11.7 Å². The summed E-state index contributed by atoms with van der Waals surface area (Å²) in [5.74, 6) is 0.201. The molecular weight excluding hydrogens is 397 g/mol. The first-order chi connectivity index (χ1) is 14.4. The molecule has 0 unspecified atom stereocenters. The van der Waals surface area contributed by atoms with Crippen LogP contribution in [-0.2, 0) is 13.0 Å². The number of nitrogens with one attached hydrogen (secondary N) is 1. The Morgan fingerprint density at radius 3 is 2.70 bits per heavy atom. The van der Waals surface area contributed by atoms with Crippen molar-refractivity contribution in [3.05, 3.63) is 71.3 Å². The van der Waals surface area contributed by atoms with E-state index in [1.54, 1.807) is 17.0 Å². The fourth-order valence-corrected chi connectivity index (χ4v) is 4.19. The molecule has 0 saturated carbocycles. The standard InChI is InChI=1S/C21H19F3N4O2/c22-21(23,24)18-10-15(17-6-3-9-30-17)25-19-11-16(26-28(18)19)20(29)27-8-7-13-4-1-2-5-14(13)12-27/h1-6,9,11,15,18,25H,7-8,10,12H2/t15-,18+/m1/s1. The molecule has 2 aromatic heterocycles. The molecular formula is C21H19F3N4O2. The summed E-state index contributed by atoms with van der Waals surface area (Å²) in [4.78, 5) is 14.6. The number of aromatic nitrogens is 2. The molecule has 156 valence electrons. The van der Waals surface area contributed by atoms with Crippen LogP contribution in [0.2, 0.25) is 0 Å². The number of carbonyl (C=O) groups excluding carboxylic acids is 1. The lowest BCUT2D eigenvalue weighted by molar-refractivity contribution is -0.174. The van der Waals surface area contributed by atoms with Gasteiger partial charge in [-0.25, -0.2) is 4.68 Å². The molecule has 3 aromatic rings. The highest BCUT2D eigenvalue weighted by atomic mass is 19.4. The SMILES string of the molecule is O=C(c1cc2n(n1)[C@H](C(F)(F)F)C[C@H](c1ccco1)N2)N1CCc2ccccc2C1. The zero-order chi connectivity index (χ0) is 20.9. The van der Waals surface area contributed by atoms with Gasteiger partial charge in [0.25, 0.3) is 5.91 Å². The van der Waals surface area contributed by atoms with Crippen molar-refractivity contribution in [3.63, 3.8) is 0 Å². The molecule has 4 heterocycles. The van der Waals surface area contributed by atoms with Crippen LogP contribution in [0.4, 0.5) is 19.0 Å². The zero-order valence-corrected chi connectivity index (χ0v) is 15.9. The Labute approximate surface area is 170 Å². The molecule has 6 nitrogen and oxygen atoms in total. The van der Waals surface area contributed by atoms with Crippen LogP contribution in [0.5, 0.6) is 0 Å². The second kappa shape index (κ2) is 6.93. The lowest BCUT2D eigenvalue weighted by atomic mass is 10.00. The molecule has 30 heavy (non-hydrogen) atoms. The minimum Gasteiger partial charge on any atom is -0.467 e. The molecule has 0 aliphatic carbocycles. The molecule has 1 amide bonds. The van der Waals surface area contributed by atoms with Gasteiger partial charge in [-0.15, -0.1) is 0 Å². The van der Waals surface area contributed by atoms with E-state index in [2.05, 4.69) is 10.4 Å². The Bertz CT molecular complexity index is 1070. The minimum absolute atomic E-state index is 0.00576. The maximum Gasteiger partial charge on any atom is 0.410 e. The summed E-state index contributed by atoms with van der Waals surface area (Å²) in [7, 11) is 0. The average Bonchev–Trinajstić information content (AvgIpc) is 3.41. The highest BCUT2D eigenvalue weighted by Gasteiger charge is 2.47. The smallest absolute Gasteiger partial charge is 0.410 e. The van der Waals surface area contributed by atoms with Crippen molar-refractivity contribution in [1.82, 2.24) is 14.7 Å². The number of amides is 1. The first kappa shape index (κ1) is 18.8. The van der Waals surface area contributed by atoms with Crippen molar-refractivity contribution in [2.24, 2.45) is 0 Å². The second-order valence-electron chi connectivity index (χ2n) is 7.61. The predicted molar refractivity (Wildman–Crippen MR) is 102 cm³/mol. The number of nitrogens with zero attached hydrogens (tertiary/aromatic N) is 3. The lowest BCUT2D eigenvalue weighted by Gasteiger charge is -2.32. The van der Waals surface area contributed by atoms with E-state index in [0.29, 0.717) is 25.3 Å². The van der Waals surface area contributed by atoms with E-state index >= 15 is 0 Å². The number of halogens is 3. The molecule has 0 radical (unpaired) electrons. The van der Waals surface area contributed by atoms with Gasteiger partial charge in [0.2, 0.25) is 0 Å². The van der Waals surface area contributed by atoms with Crippen LogP contribution in [0.15, 0.2) is 53.1 Å². The Balaban J connectivity index is 1.44. The highest BCUT2D eigenvalue weighted by Crippen LogP contribution is 2.43. The lowest BCUT2D eigenvalue weighted by Crippen LogP contribution is -2.37. The maximum absolute atomic E-state index is 13.8. The Morgan fingerprint density at radius 2 is 1.97 bits per heavy atom. The largest absolute Gasteiger partial charge is 0.467 e. The summed E-state index contributed by atoms with van der Waals surface area (Å²) < 4.78 is 47.4. The van der Waals surface area contributed by atoms with Gasteiger partial charge in [-0.05, 0) is 29.7 Å². The van der Waals surface area contributed by atoms with Crippen molar-refractivity contribution in [2.45, 2.75) is 37.6 Å². The zero-order valence-electron chi connectivity index (χ0n) is 15.9. The fourth-order valence-electron chi connectivity index (χ4n) is 4.19.